The van der Waals surface area contributed by atoms with Gasteiger partial charge < -0.3 is 4.74 Å². The average Bonchev–Trinajstić information content (AvgIpc) is 2.67. The summed E-state index contributed by atoms with van der Waals surface area (Å²) < 4.78 is 6.44. The quantitative estimate of drug-likeness (QED) is 0.456. The number of hydrogen-bond acceptors (Lipinski definition) is 3. The lowest BCUT2D eigenvalue weighted by molar-refractivity contribution is -0.123. The lowest BCUT2D eigenvalue weighted by Gasteiger charge is -2.10. The summed E-state index contributed by atoms with van der Waals surface area (Å²) in [5.41, 5.74) is 5.73. The molecule has 0 saturated heterocycles. The standard InChI is InChI=1S/C21H25BrN2O2/c1-3-5-11-19(17-9-7-6-8-10-17)23-24-21(25)15-26-20-13-12-16(4-2)14-18(20)22/h6-10,12-14H,3-5,11,15H2,1-2H3,(H,24,25)/b23-19-. The molecule has 0 spiro atoms. The summed E-state index contributed by atoms with van der Waals surface area (Å²) in [6, 6.07) is 15.8. The van der Waals surface area contributed by atoms with E-state index in [4.69, 9.17) is 4.74 Å². The fourth-order valence-corrected chi connectivity index (χ4v) is 2.97. The minimum atomic E-state index is -0.276. The number of carbonyl (C=O) groups excluding carboxylic acids is 1. The summed E-state index contributed by atoms with van der Waals surface area (Å²) in [6.45, 7) is 4.15. The van der Waals surface area contributed by atoms with Gasteiger partial charge in [0.1, 0.15) is 5.75 Å². The van der Waals surface area contributed by atoms with Crippen LogP contribution in [-0.2, 0) is 11.2 Å². The molecule has 0 bridgehead atoms. The van der Waals surface area contributed by atoms with Gasteiger partial charge in [-0.3, -0.25) is 4.79 Å². The Labute approximate surface area is 163 Å². The molecule has 0 aromatic heterocycles. The summed E-state index contributed by atoms with van der Waals surface area (Å²) >= 11 is 3.48. The van der Waals surface area contributed by atoms with Gasteiger partial charge >= 0.3 is 0 Å². The van der Waals surface area contributed by atoms with E-state index in [1.165, 1.54) is 5.56 Å². The molecule has 0 heterocycles. The molecule has 0 unspecified atom stereocenters. The predicted molar refractivity (Wildman–Crippen MR) is 110 cm³/mol. The second-order valence-electron chi connectivity index (χ2n) is 5.97. The van der Waals surface area contributed by atoms with E-state index < -0.39 is 0 Å². The molecule has 0 aliphatic carbocycles. The number of ether oxygens (including phenoxy) is 1. The Balaban J connectivity index is 1.95. The van der Waals surface area contributed by atoms with Gasteiger partial charge in [-0.05, 0) is 58.5 Å². The van der Waals surface area contributed by atoms with Crippen molar-refractivity contribution in [2.45, 2.75) is 39.5 Å². The van der Waals surface area contributed by atoms with Crippen molar-refractivity contribution in [3.05, 3.63) is 64.1 Å². The molecule has 26 heavy (non-hydrogen) atoms. The Morgan fingerprint density at radius 2 is 1.92 bits per heavy atom. The first-order valence-corrected chi connectivity index (χ1v) is 9.75. The van der Waals surface area contributed by atoms with Crippen molar-refractivity contribution in [2.75, 3.05) is 6.61 Å². The number of nitrogens with one attached hydrogen (secondary N) is 1. The normalized spacial score (nSPS) is 11.3. The molecule has 5 heteroatoms. The first kappa shape index (κ1) is 20.2. The number of nitrogens with zero attached hydrogens (tertiary/aromatic N) is 1. The van der Waals surface area contributed by atoms with Crippen molar-refractivity contribution in [3.8, 4) is 5.75 Å². The van der Waals surface area contributed by atoms with Crippen molar-refractivity contribution in [3.63, 3.8) is 0 Å². The number of carbonyl (C=O) groups is 1. The molecule has 0 aliphatic rings. The number of unbranched alkanes of at least 4 members (excludes halogenated alkanes) is 1. The van der Waals surface area contributed by atoms with Crippen LogP contribution in [0, 0.1) is 0 Å². The van der Waals surface area contributed by atoms with E-state index >= 15 is 0 Å². The van der Waals surface area contributed by atoms with Crippen LogP contribution in [0.25, 0.3) is 0 Å². The maximum atomic E-state index is 12.1. The van der Waals surface area contributed by atoms with E-state index in [0.29, 0.717) is 5.75 Å². The van der Waals surface area contributed by atoms with Crippen LogP contribution < -0.4 is 10.2 Å². The van der Waals surface area contributed by atoms with Gasteiger partial charge in [-0.2, -0.15) is 5.10 Å². The molecule has 138 valence electrons. The lowest BCUT2D eigenvalue weighted by Crippen LogP contribution is -2.26. The van der Waals surface area contributed by atoms with Crippen LogP contribution in [0.15, 0.2) is 58.1 Å². The Morgan fingerprint density at radius 3 is 2.58 bits per heavy atom. The number of aryl methyl sites for hydroxylation is 1. The Morgan fingerprint density at radius 1 is 1.15 bits per heavy atom. The van der Waals surface area contributed by atoms with Crippen LogP contribution in [0.2, 0.25) is 0 Å². The summed E-state index contributed by atoms with van der Waals surface area (Å²) in [5, 5.41) is 4.32. The SMILES string of the molecule is CCCC/C(=N/NC(=O)COc1ccc(CC)cc1Br)c1ccccc1. The third-order valence-corrected chi connectivity index (χ3v) is 4.57. The maximum absolute atomic E-state index is 12.1. The summed E-state index contributed by atoms with van der Waals surface area (Å²) in [4.78, 5) is 12.1. The van der Waals surface area contributed by atoms with Crippen molar-refractivity contribution in [2.24, 2.45) is 5.10 Å². The molecule has 0 atom stereocenters. The highest BCUT2D eigenvalue weighted by Gasteiger charge is 2.08. The van der Waals surface area contributed by atoms with E-state index in [2.05, 4.69) is 40.3 Å². The third-order valence-electron chi connectivity index (χ3n) is 3.95. The smallest absolute Gasteiger partial charge is 0.277 e. The van der Waals surface area contributed by atoms with Crippen LogP contribution in [0.4, 0.5) is 0 Å². The van der Waals surface area contributed by atoms with Crippen molar-refractivity contribution < 1.29 is 9.53 Å². The molecule has 0 radical (unpaired) electrons. The summed E-state index contributed by atoms with van der Waals surface area (Å²) in [7, 11) is 0. The van der Waals surface area contributed by atoms with E-state index in [0.717, 1.165) is 41.4 Å². The zero-order valence-electron chi connectivity index (χ0n) is 15.3. The molecule has 0 aliphatic heterocycles. The molecule has 0 fully saturated rings. The number of benzene rings is 2. The highest BCUT2D eigenvalue weighted by atomic mass is 79.9. The van der Waals surface area contributed by atoms with Crippen LogP contribution in [0.5, 0.6) is 5.75 Å². The predicted octanol–water partition coefficient (Wildman–Crippen LogP) is 5.10. The number of halogens is 1. The van der Waals surface area contributed by atoms with Crippen LogP contribution in [0.1, 0.15) is 44.2 Å². The van der Waals surface area contributed by atoms with Crippen molar-refractivity contribution in [1.82, 2.24) is 5.43 Å². The maximum Gasteiger partial charge on any atom is 0.277 e. The van der Waals surface area contributed by atoms with Crippen molar-refractivity contribution >= 4 is 27.5 Å². The molecule has 1 N–H and O–H groups in total. The van der Waals surface area contributed by atoms with Gasteiger partial charge in [-0.1, -0.05) is 56.7 Å². The zero-order chi connectivity index (χ0) is 18.8. The monoisotopic (exact) mass is 416 g/mol. The lowest BCUT2D eigenvalue weighted by atomic mass is 10.1. The van der Waals surface area contributed by atoms with Gasteiger partial charge in [0, 0.05) is 0 Å². The van der Waals surface area contributed by atoms with E-state index in [9.17, 15) is 4.79 Å². The second-order valence-corrected chi connectivity index (χ2v) is 6.82. The minimum absolute atomic E-state index is 0.0799. The molecule has 2 aromatic carbocycles. The van der Waals surface area contributed by atoms with E-state index in [1.807, 2.05) is 48.5 Å². The van der Waals surface area contributed by atoms with Gasteiger partial charge in [0.25, 0.3) is 5.91 Å². The fraction of sp³-hybridized carbons (Fsp3) is 0.333. The fourth-order valence-electron chi connectivity index (χ4n) is 2.43. The highest BCUT2D eigenvalue weighted by Crippen LogP contribution is 2.26. The summed E-state index contributed by atoms with van der Waals surface area (Å²) in [5.74, 6) is 0.372. The van der Waals surface area contributed by atoms with Gasteiger partial charge in [0.05, 0.1) is 10.2 Å². The molecular weight excluding hydrogens is 392 g/mol. The van der Waals surface area contributed by atoms with Crippen LogP contribution >= 0.6 is 15.9 Å². The van der Waals surface area contributed by atoms with Gasteiger partial charge in [-0.15, -0.1) is 0 Å². The molecule has 2 aromatic rings. The number of rotatable bonds is 9. The third kappa shape index (κ3) is 6.30. The molecule has 2 rings (SSSR count). The van der Waals surface area contributed by atoms with E-state index in [1.54, 1.807) is 0 Å². The number of hydrogen-bond donors (Lipinski definition) is 1. The second kappa shape index (κ2) is 10.8. The Kier molecular flexibility index (Phi) is 8.35. The minimum Gasteiger partial charge on any atom is -0.483 e. The number of amides is 1. The summed E-state index contributed by atoms with van der Waals surface area (Å²) in [6.07, 6.45) is 3.88. The zero-order valence-corrected chi connectivity index (χ0v) is 16.9. The van der Waals surface area contributed by atoms with Gasteiger partial charge in [0.15, 0.2) is 6.61 Å². The van der Waals surface area contributed by atoms with Gasteiger partial charge in [0.2, 0.25) is 0 Å². The van der Waals surface area contributed by atoms with Crippen LogP contribution in [0.3, 0.4) is 0 Å². The molecule has 4 nitrogen and oxygen atoms in total. The topological polar surface area (TPSA) is 50.7 Å². The number of hydrazone groups is 1. The highest BCUT2D eigenvalue weighted by molar-refractivity contribution is 9.10. The molecular formula is C21H25BrN2O2. The Bertz CT molecular complexity index is 745. The Hall–Kier alpha value is -2.14. The average molecular weight is 417 g/mol. The molecule has 0 saturated carbocycles. The van der Waals surface area contributed by atoms with E-state index in [-0.39, 0.29) is 12.5 Å². The molecule has 1 amide bonds. The first-order chi connectivity index (χ1) is 12.6. The van der Waals surface area contributed by atoms with Crippen LogP contribution in [-0.4, -0.2) is 18.2 Å². The first-order valence-electron chi connectivity index (χ1n) is 8.96. The largest absolute Gasteiger partial charge is 0.483 e. The van der Waals surface area contributed by atoms with Crippen molar-refractivity contribution in [1.29, 1.82) is 0 Å². The van der Waals surface area contributed by atoms with Gasteiger partial charge in [-0.25, -0.2) is 5.43 Å².